The standard InChI is InChI=1S/C9H13NO/c1-4-5-6-9(11-3)8(2)7-10/h4-7,10H,1H2,2-3H3/b6-5-,9-8-,10-7?. The Balaban J connectivity index is 4.50. The molecule has 1 N–H and O–H groups in total. The third kappa shape index (κ3) is 3.40. The van der Waals surface area contributed by atoms with E-state index < -0.39 is 0 Å². The molecule has 2 nitrogen and oxygen atoms in total. The summed E-state index contributed by atoms with van der Waals surface area (Å²) in [5.41, 5.74) is 0.797. The van der Waals surface area contributed by atoms with Gasteiger partial charge in [-0.1, -0.05) is 18.7 Å². The minimum Gasteiger partial charge on any atom is -0.496 e. The first-order valence-corrected chi connectivity index (χ1v) is 3.30. The number of ether oxygens (including phenoxy) is 1. The first kappa shape index (κ1) is 9.69. The molecular weight excluding hydrogens is 138 g/mol. The van der Waals surface area contributed by atoms with Crippen molar-refractivity contribution in [2.75, 3.05) is 7.11 Å². The lowest BCUT2D eigenvalue weighted by Crippen LogP contribution is -1.88. The fourth-order valence-corrected chi connectivity index (χ4v) is 0.587. The molecule has 0 saturated carbocycles. The van der Waals surface area contributed by atoms with E-state index in [-0.39, 0.29) is 0 Å². The minimum atomic E-state index is 0.694. The number of hydrogen-bond donors (Lipinski definition) is 1. The Labute approximate surface area is 67.4 Å². The highest BCUT2D eigenvalue weighted by Gasteiger charge is 1.92. The van der Waals surface area contributed by atoms with Crippen molar-refractivity contribution in [2.45, 2.75) is 6.92 Å². The van der Waals surface area contributed by atoms with E-state index >= 15 is 0 Å². The Bertz CT molecular complexity index is 202. The lowest BCUT2D eigenvalue weighted by atomic mass is 10.2. The molecular formula is C9H13NO. The molecule has 0 radical (unpaired) electrons. The van der Waals surface area contributed by atoms with Crippen LogP contribution in [0.15, 0.2) is 36.1 Å². The van der Waals surface area contributed by atoms with E-state index in [1.54, 1.807) is 25.3 Å². The Morgan fingerprint density at radius 2 is 2.18 bits per heavy atom. The molecule has 0 aliphatic carbocycles. The van der Waals surface area contributed by atoms with Gasteiger partial charge >= 0.3 is 0 Å². The monoisotopic (exact) mass is 151 g/mol. The summed E-state index contributed by atoms with van der Waals surface area (Å²) in [4.78, 5) is 0. The van der Waals surface area contributed by atoms with Crippen LogP contribution in [0.2, 0.25) is 0 Å². The van der Waals surface area contributed by atoms with E-state index in [0.717, 1.165) is 5.57 Å². The molecule has 0 saturated heterocycles. The van der Waals surface area contributed by atoms with Crippen LogP contribution in [0, 0.1) is 5.41 Å². The fraction of sp³-hybridized carbons (Fsp3) is 0.222. The molecule has 0 aromatic carbocycles. The van der Waals surface area contributed by atoms with Gasteiger partial charge in [0.15, 0.2) is 0 Å². The zero-order valence-electron chi connectivity index (χ0n) is 6.92. The molecule has 11 heavy (non-hydrogen) atoms. The summed E-state index contributed by atoms with van der Waals surface area (Å²) >= 11 is 0. The van der Waals surface area contributed by atoms with Crippen LogP contribution in [0.5, 0.6) is 0 Å². The number of methoxy groups -OCH3 is 1. The molecule has 0 aliphatic heterocycles. The van der Waals surface area contributed by atoms with Crippen LogP contribution in [-0.2, 0) is 4.74 Å². The molecule has 0 bridgehead atoms. The third-order valence-corrected chi connectivity index (χ3v) is 1.21. The summed E-state index contributed by atoms with van der Waals surface area (Å²) in [6.45, 7) is 5.35. The topological polar surface area (TPSA) is 33.1 Å². The lowest BCUT2D eigenvalue weighted by Gasteiger charge is -2.00. The highest BCUT2D eigenvalue weighted by Crippen LogP contribution is 2.03. The number of rotatable bonds is 4. The molecule has 0 rings (SSSR count). The summed E-state index contributed by atoms with van der Waals surface area (Å²) in [5.74, 6) is 0.694. The Morgan fingerprint density at radius 3 is 2.55 bits per heavy atom. The predicted octanol–water partition coefficient (Wildman–Crippen LogP) is 2.30. The average Bonchev–Trinajstić information content (AvgIpc) is 2.05. The maximum atomic E-state index is 6.96. The summed E-state index contributed by atoms with van der Waals surface area (Å²) in [6.07, 6.45) is 6.46. The second-order valence-corrected chi connectivity index (χ2v) is 1.99. The van der Waals surface area contributed by atoms with Crippen molar-refractivity contribution < 1.29 is 4.74 Å². The molecule has 0 fully saturated rings. The van der Waals surface area contributed by atoms with Crippen LogP contribution in [0.4, 0.5) is 0 Å². The van der Waals surface area contributed by atoms with Gasteiger partial charge in [0.05, 0.1) is 7.11 Å². The number of hydrogen-bond acceptors (Lipinski definition) is 2. The van der Waals surface area contributed by atoms with E-state index in [1.165, 1.54) is 6.21 Å². The van der Waals surface area contributed by atoms with Gasteiger partial charge in [0.2, 0.25) is 0 Å². The number of allylic oxidation sites excluding steroid dienone is 4. The van der Waals surface area contributed by atoms with Crippen molar-refractivity contribution >= 4 is 6.21 Å². The van der Waals surface area contributed by atoms with E-state index in [2.05, 4.69) is 6.58 Å². The minimum absolute atomic E-state index is 0.694. The maximum Gasteiger partial charge on any atom is 0.123 e. The predicted molar refractivity (Wildman–Crippen MR) is 47.8 cm³/mol. The SMILES string of the molecule is C=C/C=C\C(OC)=C(/C)C=N. The largest absolute Gasteiger partial charge is 0.496 e. The molecule has 0 atom stereocenters. The van der Waals surface area contributed by atoms with Crippen molar-refractivity contribution in [3.63, 3.8) is 0 Å². The molecule has 2 heteroatoms. The second-order valence-electron chi connectivity index (χ2n) is 1.99. The normalized spacial score (nSPS) is 12.5. The van der Waals surface area contributed by atoms with Crippen molar-refractivity contribution in [3.05, 3.63) is 36.1 Å². The summed E-state index contributed by atoms with van der Waals surface area (Å²) in [5, 5.41) is 6.96. The van der Waals surface area contributed by atoms with E-state index in [4.69, 9.17) is 10.1 Å². The van der Waals surface area contributed by atoms with Gasteiger partial charge in [-0.25, -0.2) is 0 Å². The first-order chi connectivity index (χ1) is 5.26. The van der Waals surface area contributed by atoms with Crippen molar-refractivity contribution in [1.82, 2.24) is 0 Å². The molecule has 0 amide bonds. The quantitative estimate of drug-likeness (QED) is 0.373. The van der Waals surface area contributed by atoms with Crippen LogP contribution in [0.3, 0.4) is 0 Å². The summed E-state index contributed by atoms with van der Waals surface area (Å²) < 4.78 is 5.00. The Morgan fingerprint density at radius 1 is 1.55 bits per heavy atom. The van der Waals surface area contributed by atoms with Crippen LogP contribution in [0.25, 0.3) is 0 Å². The third-order valence-electron chi connectivity index (χ3n) is 1.21. The van der Waals surface area contributed by atoms with Crippen LogP contribution >= 0.6 is 0 Å². The molecule has 0 spiro atoms. The van der Waals surface area contributed by atoms with Gasteiger partial charge < -0.3 is 10.1 Å². The van der Waals surface area contributed by atoms with Crippen LogP contribution in [0.1, 0.15) is 6.92 Å². The van der Waals surface area contributed by atoms with Gasteiger partial charge in [-0.2, -0.15) is 0 Å². The van der Waals surface area contributed by atoms with Crippen LogP contribution in [-0.4, -0.2) is 13.3 Å². The van der Waals surface area contributed by atoms with Gasteiger partial charge in [0, 0.05) is 11.8 Å². The van der Waals surface area contributed by atoms with Gasteiger partial charge in [0.1, 0.15) is 5.76 Å². The lowest BCUT2D eigenvalue weighted by molar-refractivity contribution is 0.304. The molecule has 0 aliphatic rings. The Kier molecular flexibility index (Phi) is 4.82. The van der Waals surface area contributed by atoms with Gasteiger partial charge in [0.25, 0.3) is 0 Å². The van der Waals surface area contributed by atoms with Crippen molar-refractivity contribution in [2.24, 2.45) is 0 Å². The second kappa shape index (κ2) is 5.47. The highest BCUT2D eigenvalue weighted by molar-refractivity contribution is 5.76. The average molecular weight is 151 g/mol. The van der Waals surface area contributed by atoms with Gasteiger partial charge in [-0.15, -0.1) is 0 Å². The molecule has 0 heterocycles. The molecule has 0 aromatic heterocycles. The number of nitrogens with one attached hydrogen (secondary N) is 1. The van der Waals surface area contributed by atoms with Gasteiger partial charge in [-0.05, 0) is 13.0 Å². The zero-order chi connectivity index (χ0) is 8.69. The van der Waals surface area contributed by atoms with Crippen molar-refractivity contribution in [3.8, 4) is 0 Å². The van der Waals surface area contributed by atoms with Crippen LogP contribution < -0.4 is 0 Å². The summed E-state index contributed by atoms with van der Waals surface area (Å²) in [7, 11) is 1.58. The molecule has 60 valence electrons. The Hall–Kier alpha value is -1.31. The van der Waals surface area contributed by atoms with Gasteiger partial charge in [-0.3, -0.25) is 0 Å². The molecule has 0 unspecified atom stereocenters. The molecule has 0 aromatic rings. The zero-order valence-corrected chi connectivity index (χ0v) is 6.92. The fourth-order valence-electron chi connectivity index (χ4n) is 0.587. The smallest absolute Gasteiger partial charge is 0.123 e. The van der Waals surface area contributed by atoms with E-state index in [0.29, 0.717) is 5.76 Å². The first-order valence-electron chi connectivity index (χ1n) is 3.30. The highest BCUT2D eigenvalue weighted by atomic mass is 16.5. The summed E-state index contributed by atoms with van der Waals surface area (Å²) in [6, 6.07) is 0. The van der Waals surface area contributed by atoms with E-state index in [1.807, 2.05) is 6.92 Å². The van der Waals surface area contributed by atoms with E-state index in [9.17, 15) is 0 Å². The maximum absolute atomic E-state index is 6.96. The van der Waals surface area contributed by atoms with Crippen molar-refractivity contribution in [1.29, 1.82) is 5.41 Å².